The third-order valence-electron chi connectivity index (χ3n) is 4.16. The number of nitrogens with zero attached hydrogens (tertiary/aromatic N) is 1. The van der Waals surface area contributed by atoms with Gasteiger partial charge in [0.15, 0.2) is 0 Å². The molecule has 0 bridgehead atoms. The fourth-order valence-corrected chi connectivity index (χ4v) is 4.46. The molecule has 0 spiro atoms. The van der Waals surface area contributed by atoms with Gasteiger partial charge in [0, 0.05) is 29.3 Å². The summed E-state index contributed by atoms with van der Waals surface area (Å²) < 4.78 is 66.1. The number of nitrogens with one attached hydrogen (secondary N) is 1. The molecule has 5 nitrogen and oxygen atoms in total. The Morgan fingerprint density at radius 3 is 2.52 bits per heavy atom. The van der Waals surface area contributed by atoms with Gasteiger partial charge < -0.3 is 4.90 Å². The Morgan fingerprint density at radius 2 is 1.89 bits per heavy atom. The average Bonchev–Trinajstić information content (AvgIpc) is 2.98. The molecule has 0 aliphatic carbocycles. The number of carbonyl (C=O) groups excluding carboxylic acids is 1. The number of fused-ring (bicyclic) bond motifs is 1. The number of anilines is 2. The Morgan fingerprint density at radius 1 is 1.19 bits per heavy atom. The van der Waals surface area contributed by atoms with Crippen molar-refractivity contribution in [3.8, 4) is 0 Å². The Kier molecular flexibility index (Phi) is 4.98. The van der Waals surface area contributed by atoms with Gasteiger partial charge in [0.25, 0.3) is 10.0 Å². The Hall–Kier alpha value is -2.07. The number of carbonyl (C=O) groups is 1. The van der Waals surface area contributed by atoms with E-state index in [-0.39, 0.29) is 21.0 Å². The molecule has 2 aromatic rings. The fourth-order valence-electron chi connectivity index (χ4n) is 2.89. The van der Waals surface area contributed by atoms with E-state index in [9.17, 15) is 26.4 Å². The van der Waals surface area contributed by atoms with Gasteiger partial charge in [-0.15, -0.1) is 0 Å². The summed E-state index contributed by atoms with van der Waals surface area (Å²) in [6, 6.07) is 7.39. The molecule has 1 heterocycles. The van der Waals surface area contributed by atoms with Crippen LogP contribution in [0.2, 0.25) is 0 Å². The maximum atomic E-state index is 13.0. The number of benzene rings is 2. The predicted octanol–water partition coefficient (Wildman–Crippen LogP) is 4.18. The van der Waals surface area contributed by atoms with Gasteiger partial charge in [0.1, 0.15) is 0 Å². The highest BCUT2D eigenvalue weighted by Crippen LogP contribution is 2.37. The second-order valence-electron chi connectivity index (χ2n) is 6.01. The van der Waals surface area contributed by atoms with E-state index in [2.05, 4.69) is 20.7 Å². The quantitative estimate of drug-likeness (QED) is 0.743. The van der Waals surface area contributed by atoms with Crippen LogP contribution in [0.4, 0.5) is 24.5 Å². The Bertz CT molecular complexity index is 1020. The van der Waals surface area contributed by atoms with E-state index in [4.69, 9.17) is 0 Å². The summed E-state index contributed by atoms with van der Waals surface area (Å²) in [5, 5.41) is 0. The van der Waals surface area contributed by atoms with Gasteiger partial charge in [-0.1, -0.05) is 15.9 Å². The van der Waals surface area contributed by atoms with Crippen molar-refractivity contribution >= 4 is 43.2 Å². The summed E-state index contributed by atoms with van der Waals surface area (Å²) in [6.45, 7) is 1.89. The van der Waals surface area contributed by atoms with Crippen LogP contribution >= 0.6 is 15.9 Å². The molecule has 27 heavy (non-hydrogen) atoms. The van der Waals surface area contributed by atoms with Gasteiger partial charge in [0.2, 0.25) is 5.91 Å². The van der Waals surface area contributed by atoms with Crippen LogP contribution in [0, 0.1) is 0 Å². The van der Waals surface area contributed by atoms with Crippen molar-refractivity contribution in [2.75, 3.05) is 16.2 Å². The monoisotopic (exact) mass is 462 g/mol. The molecule has 0 aromatic heterocycles. The molecule has 0 radical (unpaired) electrons. The van der Waals surface area contributed by atoms with E-state index in [1.807, 2.05) is 0 Å². The number of alkyl halides is 3. The topological polar surface area (TPSA) is 66.5 Å². The summed E-state index contributed by atoms with van der Waals surface area (Å²) in [7, 11) is -4.08. The normalized spacial score (nSPS) is 14.2. The van der Waals surface area contributed by atoms with Crippen molar-refractivity contribution in [3.63, 3.8) is 0 Å². The molecular formula is C17H14BrF3N2O3S. The van der Waals surface area contributed by atoms with Crippen LogP contribution in [0.1, 0.15) is 18.1 Å². The summed E-state index contributed by atoms with van der Waals surface area (Å²) in [5.74, 6) is -0.142. The van der Waals surface area contributed by atoms with Crippen LogP contribution in [0.5, 0.6) is 0 Å². The minimum absolute atomic E-state index is 0.0804. The maximum Gasteiger partial charge on any atom is 0.417 e. The van der Waals surface area contributed by atoms with Crippen LogP contribution in [0.15, 0.2) is 45.8 Å². The predicted molar refractivity (Wildman–Crippen MR) is 98.1 cm³/mol. The largest absolute Gasteiger partial charge is 0.417 e. The zero-order chi connectivity index (χ0) is 20.0. The van der Waals surface area contributed by atoms with E-state index in [1.54, 1.807) is 4.90 Å². The van der Waals surface area contributed by atoms with Crippen LogP contribution in [0.3, 0.4) is 0 Å². The molecule has 0 saturated carbocycles. The highest BCUT2D eigenvalue weighted by Gasteiger charge is 2.33. The molecule has 0 atom stereocenters. The van der Waals surface area contributed by atoms with E-state index < -0.39 is 21.8 Å². The Balaban J connectivity index is 1.92. The smallest absolute Gasteiger partial charge is 0.312 e. The first kappa shape index (κ1) is 19.7. The lowest BCUT2D eigenvalue weighted by atomic mass is 10.2. The van der Waals surface area contributed by atoms with Crippen molar-refractivity contribution in [1.29, 1.82) is 0 Å². The molecule has 0 fully saturated rings. The molecule has 1 N–H and O–H groups in total. The van der Waals surface area contributed by atoms with Gasteiger partial charge in [-0.05, 0) is 48.4 Å². The second kappa shape index (κ2) is 6.83. The number of hydrogen-bond acceptors (Lipinski definition) is 3. The summed E-state index contributed by atoms with van der Waals surface area (Å²) in [5.41, 5.74) is 0.162. The third kappa shape index (κ3) is 3.96. The highest BCUT2D eigenvalue weighted by molar-refractivity contribution is 9.10. The van der Waals surface area contributed by atoms with Gasteiger partial charge in [-0.3, -0.25) is 9.52 Å². The SMILES string of the molecule is CC(=O)N1CCc2cc(S(=O)(=O)Nc3ccc(Br)c(C(F)(F)F)c3)ccc21. The highest BCUT2D eigenvalue weighted by atomic mass is 79.9. The maximum absolute atomic E-state index is 13.0. The zero-order valence-electron chi connectivity index (χ0n) is 14.0. The van der Waals surface area contributed by atoms with Crippen molar-refractivity contribution in [2.45, 2.75) is 24.4 Å². The fraction of sp³-hybridized carbons (Fsp3) is 0.235. The van der Waals surface area contributed by atoms with Crippen molar-refractivity contribution in [1.82, 2.24) is 0 Å². The number of amides is 1. The van der Waals surface area contributed by atoms with Gasteiger partial charge in [0.05, 0.1) is 10.5 Å². The molecule has 0 unspecified atom stereocenters. The molecular weight excluding hydrogens is 449 g/mol. The molecule has 3 rings (SSSR count). The molecule has 0 saturated heterocycles. The molecule has 144 valence electrons. The van der Waals surface area contributed by atoms with Crippen LogP contribution in [-0.2, 0) is 27.4 Å². The van der Waals surface area contributed by atoms with E-state index in [1.165, 1.54) is 31.2 Å². The average molecular weight is 463 g/mol. The van der Waals surface area contributed by atoms with Crippen molar-refractivity contribution < 1.29 is 26.4 Å². The van der Waals surface area contributed by atoms with Crippen molar-refractivity contribution in [3.05, 3.63) is 52.0 Å². The van der Waals surface area contributed by atoms with Gasteiger partial charge in [-0.25, -0.2) is 8.42 Å². The van der Waals surface area contributed by atoms with E-state index in [0.29, 0.717) is 24.2 Å². The minimum Gasteiger partial charge on any atom is -0.312 e. The molecule has 1 amide bonds. The first-order valence-electron chi connectivity index (χ1n) is 7.79. The lowest BCUT2D eigenvalue weighted by Gasteiger charge is -2.15. The second-order valence-corrected chi connectivity index (χ2v) is 8.55. The number of hydrogen-bond donors (Lipinski definition) is 1. The molecule has 2 aromatic carbocycles. The number of sulfonamides is 1. The van der Waals surface area contributed by atoms with Crippen LogP contribution < -0.4 is 9.62 Å². The first-order chi connectivity index (χ1) is 12.5. The molecule has 1 aliphatic heterocycles. The standard InChI is InChI=1S/C17H14BrF3N2O3S/c1-10(24)23-7-6-11-8-13(3-5-16(11)23)27(25,26)22-12-2-4-15(18)14(9-12)17(19,20)21/h2-5,8-9,22H,6-7H2,1H3. The first-order valence-corrected chi connectivity index (χ1v) is 10.1. The van der Waals surface area contributed by atoms with Gasteiger partial charge in [-0.2, -0.15) is 13.2 Å². The van der Waals surface area contributed by atoms with E-state index in [0.717, 1.165) is 12.1 Å². The van der Waals surface area contributed by atoms with Gasteiger partial charge >= 0.3 is 6.18 Å². The van der Waals surface area contributed by atoms with Crippen LogP contribution in [0.25, 0.3) is 0 Å². The minimum atomic E-state index is -4.62. The zero-order valence-corrected chi connectivity index (χ0v) is 16.4. The summed E-state index contributed by atoms with van der Waals surface area (Å²) >= 11 is 2.81. The lowest BCUT2D eigenvalue weighted by molar-refractivity contribution is -0.138. The van der Waals surface area contributed by atoms with Crippen molar-refractivity contribution in [2.24, 2.45) is 0 Å². The Labute approximate surface area is 162 Å². The third-order valence-corrected chi connectivity index (χ3v) is 6.23. The number of halogens is 4. The van der Waals surface area contributed by atoms with E-state index >= 15 is 0 Å². The van der Waals surface area contributed by atoms with Crippen LogP contribution in [-0.4, -0.2) is 20.9 Å². The molecule has 1 aliphatic rings. The molecule has 10 heteroatoms. The summed E-state index contributed by atoms with van der Waals surface area (Å²) in [4.78, 5) is 13.0. The number of rotatable bonds is 3. The summed E-state index contributed by atoms with van der Waals surface area (Å²) in [6.07, 6.45) is -4.11. The lowest BCUT2D eigenvalue weighted by Crippen LogP contribution is -2.25.